The summed E-state index contributed by atoms with van der Waals surface area (Å²) in [5.74, 6) is 0.730. The molecule has 0 saturated heterocycles. The van der Waals surface area contributed by atoms with Crippen LogP contribution in [0.25, 0.3) is 0 Å². The maximum absolute atomic E-state index is 12.2. The topological polar surface area (TPSA) is 76.7 Å². The molecule has 150 valence electrons. The lowest BCUT2D eigenvalue weighted by molar-refractivity contribution is -0.114. The molecule has 0 atom stereocenters. The molecule has 0 saturated carbocycles. The summed E-state index contributed by atoms with van der Waals surface area (Å²) in [6, 6.07) is 8.98. The Kier molecular flexibility index (Phi) is 8.02. The fraction of sp³-hybridized carbons (Fsp3) is 0.300. The van der Waals surface area contributed by atoms with Gasteiger partial charge in [-0.05, 0) is 25.5 Å². The Labute approximate surface area is 173 Å². The van der Waals surface area contributed by atoms with Crippen molar-refractivity contribution < 1.29 is 19.1 Å². The Morgan fingerprint density at radius 3 is 2.11 bits per heavy atom. The first-order valence-corrected chi connectivity index (χ1v) is 10.0. The van der Waals surface area contributed by atoms with E-state index in [9.17, 15) is 9.59 Å². The highest BCUT2D eigenvalue weighted by molar-refractivity contribution is 8.00. The van der Waals surface area contributed by atoms with E-state index < -0.39 is 0 Å². The zero-order valence-electron chi connectivity index (χ0n) is 16.2. The van der Waals surface area contributed by atoms with E-state index in [4.69, 9.17) is 21.1 Å². The number of hydrogen-bond acceptors (Lipinski definition) is 5. The number of aryl methyl sites for hydroxylation is 2. The number of hydrogen-bond donors (Lipinski definition) is 2. The number of benzene rings is 2. The van der Waals surface area contributed by atoms with Crippen LogP contribution in [0.15, 0.2) is 30.3 Å². The Hall–Kier alpha value is -2.38. The van der Waals surface area contributed by atoms with E-state index in [1.54, 1.807) is 12.1 Å². The smallest absolute Gasteiger partial charge is 0.234 e. The Morgan fingerprint density at radius 2 is 1.54 bits per heavy atom. The number of ether oxygens (including phenoxy) is 2. The largest absolute Gasteiger partial charge is 0.495 e. The number of halogens is 1. The SMILES string of the molecule is COc1cc(NC(=O)CSCC(=O)Nc2ccc(C)cc2C)c(OC)cc1Cl. The van der Waals surface area contributed by atoms with Crippen LogP contribution in [-0.2, 0) is 9.59 Å². The number of amides is 2. The van der Waals surface area contributed by atoms with Gasteiger partial charge in [0, 0.05) is 17.8 Å². The zero-order valence-corrected chi connectivity index (χ0v) is 17.8. The Morgan fingerprint density at radius 1 is 0.929 bits per heavy atom. The number of methoxy groups -OCH3 is 2. The molecule has 0 bridgehead atoms. The second-order valence-electron chi connectivity index (χ2n) is 6.09. The van der Waals surface area contributed by atoms with E-state index in [-0.39, 0.29) is 23.3 Å². The van der Waals surface area contributed by atoms with Crippen LogP contribution < -0.4 is 20.1 Å². The van der Waals surface area contributed by atoms with Crippen molar-refractivity contribution in [3.8, 4) is 11.5 Å². The monoisotopic (exact) mass is 422 g/mol. The number of rotatable bonds is 8. The van der Waals surface area contributed by atoms with Gasteiger partial charge in [-0.1, -0.05) is 29.3 Å². The molecule has 2 N–H and O–H groups in total. The lowest BCUT2D eigenvalue weighted by atomic mass is 10.1. The van der Waals surface area contributed by atoms with Crippen molar-refractivity contribution in [1.82, 2.24) is 0 Å². The van der Waals surface area contributed by atoms with Crippen LogP contribution in [0.3, 0.4) is 0 Å². The molecular weight excluding hydrogens is 400 g/mol. The highest BCUT2D eigenvalue weighted by atomic mass is 35.5. The van der Waals surface area contributed by atoms with Gasteiger partial charge in [0.1, 0.15) is 11.5 Å². The van der Waals surface area contributed by atoms with Gasteiger partial charge in [0.25, 0.3) is 0 Å². The number of nitrogens with one attached hydrogen (secondary N) is 2. The second kappa shape index (κ2) is 10.2. The minimum Gasteiger partial charge on any atom is -0.495 e. The van der Waals surface area contributed by atoms with Gasteiger partial charge in [-0.25, -0.2) is 0 Å². The summed E-state index contributed by atoms with van der Waals surface area (Å²) in [6.07, 6.45) is 0. The van der Waals surface area contributed by atoms with Gasteiger partial charge >= 0.3 is 0 Å². The standard InChI is InChI=1S/C20H23ClN2O4S/c1-12-5-6-15(13(2)7-12)22-19(24)10-28-11-20(25)23-16-9-17(26-3)14(21)8-18(16)27-4/h5-9H,10-11H2,1-4H3,(H,22,24)(H,23,25). The number of carbonyl (C=O) groups excluding carboxylic acids is 2. The molecule has 28 heavy (non-hydrogen) atoms. The summed E-state index contributed by atoms with van der Waals surface area (Å²) in [5.41, 5.74) is 3.36. The van der Waals surface area contributed by atoms with Crippen molar-refractivity contribution in [1.29, 1.82) is 0 Å². The average molecular weight is 423 g/mol. The fourth-order valence-corrected chi connectivity index (χ4v) is 3.37. The first-order valence-electron chi connectivity index (χ1n) is 8.50. The van der Waals surface area contributed by atoms with E-state index in [0.717, 1.165) is 16.8 Å². The summed E-state index contributed by atoms with van der Waals surface area (Å²) in [7, 11) is 2.98. The maximum Gasteiger partial charge on any atom is 0.234 e. The summed E-state index contributed by atoms with van der Waals surface area (Å²) in [4.78, 5) is 24.3. The van der Waals surface area contributed by atoms with Gasteiger partial charge in [0.2, 0.25) is 11.8 Å². The Balaban J connectivity index is 1.86. The minimum atomic E-state index is -0.257. The maximum atomic E-state index is 12.2. The summed E-state index contributed by atoms with van der Waals surface area (Å²) >= 11 is 7.28. The molecule has 0 unspecified atom stereocenters. The molecule has 2 aromatic rings. The highest BCUT2D eigenvalue weighted by Crippen LogP contribution is 2.35. The number of thioether (sulfide) groups is 1. The zero-order chi connectivity index (χ0) is 20.7. The molecule has 0 fully saturated rings. The fourth-order valence-electron chi connectivity index (χ4n) is 2.52. The highest BCUT2D eigenvalue weighted by Gasteiger charge is 2.13. The third-order valence-corrected chi connectivity index (χ3v) is 5.10. The van der Waals surface area contributed by atoms with E-state index in [2.05, 4.69) is 10.6 Å². The predicted molar refractivity (Wildman–Crippen MR) is 115 cm³/mol. The van der Waals surface area contributed by atoms with Crippen molar-refractivity contribution in [2.45, 2.75) is 13.8 Å². The molecule has 2 aromatic carbocycles. The molecule has 0 aromatic heterocycles. The summed E-state index contributed by atoms with van der Waals surface area (Å²) in [5, 5.41) is 5.99. The van der Waals surface area contributed by atoms with Crippen LogP contribution in [0.1, 0.15) is 11.1 Å². The molecular formula is C20H23ClN2O4S. The van der Waals surface area contributed by atoms with Crippen molar-refractivity contribution >= 4 is 46.6 Å². The van der Waals surface area contributed by atoms with Crippen LogP contribution in [0, 0.1) is 13.8 Å². The number of carbonyl (C=O) groups is 2. The second-order valence-corrected chi connectivity index (χ2v) is 7.49. The molecule has 0 aliphatic rings. The molecule has 0 heterocycles. The first kappa shape index (κ1) is 21.9. The molecule has 8 heteroatoms. The van der Waals surface area contributed by atoms with E-state index >= 15 is 0 Å². The molecule has 6 nitrogen and oxygen atoms in total. The van der Waals surface area contributed by atoms with Gasteiger partial charge in [0.05, 0.1) is 36.4 Å². The third kappa shape index (κ3) is 6.07. The molecule has 0 aliphatic carbocycles. The van der Waals surface area contributed by atoms with E-state index in [1.165, 1.54) is 26.0 Å². The van der Waals surface area contributed by atoms with Crippen molar-refractivity contribution in [2.75, 3.05) is 36.4 Å². The van der Waals surface area contributed by atoms with Gasteiger partial charge in [-0.2, -0.15) is 0 Å². The first-order chi connectivity index (χ1) is 13.3. The third-order valence-electron chi connectivity index (χ3n) is 3.87. The normalized spacial score (nSPS) is 10.3. The molecule has 0 radical (unpaired) electrons. The van der Waals surface area contributed by atoms with Crippen LogP contribution >= 0.6 is 23.4 Å². The van der Waals surface area contributed by atoms with E-state index in [1.807, 2.05) is 32.0 Å². The lowest BCUT2D eigenvalue weighted by Gasteiger charge is -2.13. The van der Waals surface area contributed by atoms with Gasteiger partial charge in [-0.15, -0.1) is 11.8 Å². The summed E-state index contributed by atoms with van der Waals surface area (Å²) < 4.78 is 10.4. The minimum absolute atomic E-state index is 0.119. The lowest BCUT2D eigenvalue weighted by Crippen LogP contribution is -2.19. The Bertz CT molecular complexity index is 874. The average Bonchev–Trinajstić information content (AvgIpc) is 2.65. The van der Waals surface area contributed by atoms with Crippen LogP contribution in [0.2, 0.25) is 5.02 Å². The van der Waals surface area contributed by atoms with Crippen LogP contribution in [0.4, 0.5) is 11.4 Å². The quantitative estimate of drug-likeness (QED) is 0.663. The van der Waals surface area contributed by atoms with Crippen molar-refractivity contribution in [3.63, 3.8) is 0 Å². The molecule has 0 aliphatic heterocycles. The van der Waals surface area contributed by atoms with E-state index in [0.29, 0.717) is 22.2 Å². The van der Waals surface area contributed by atoms with Gasteiger partial charge < -0.3 is 20.1 Å². The van der Waals surface area contributed by atoms with Gasteiger partial charge in [-0.3, -0.25) is 9.59 Å². The predicted octanol–water partition coefficient (Wildman–Crippen LogP) is 4.28. The molecule has 2 rings (SSSR count). The summed E-state index contributed by atoms with van der Waals surface area (Å²) in [6.45, 7) is 3.94. The van der Waals surface area contributed by atoms with Crippen molar-refractivity contribution in [3.05, 3.63) is 46.5 Å². The van der Waals surface area contributed by atoms with Crippen LogP contribution in [0.5, 0.6) is 11.5 Å². The van der Waals surface area contributed by atoms with Crippen molar-refractivity contribution in [2.24, 2.45) is 0 Å². The molecule has 0 spiro atoms. The van der Waals surface area contributed by atoms with Gasteiger partial charge in [0.15, 0.2) is 0 Å². The van der Waals surface area contributed by atoms with Crippen LogP contribution in [-0.4, -0.2) is 37.5 Å². The molecule has 2 amide bonds. The number of anilines is 2.